The quantitative estimate of drug-likeness (QED) is 0.907. The van der Waals surface area contributed by atoms with Crippen LogP contribution < -0.4 is 5.32 Å². The number of carbonyl (C=O) groups excluding carboxylic acids is 1. The number of amides is 1. The molecule has 2 unspecified atom stereocenters. The van der Waals surface area contributed by atoms with Crippen molar-refractivity contribution in [1.82, 2.24) is 4.90 Å². The van der Waals surface area contributed by atoms with Crippen LogP contribution in [0.3, 0.4) is 0 Å². The summed E-state index contributed by atoms with van der Waals surface area (Å²) in [6.45, 7) is 2.15. The fourth-order valence-electron chi connectivity index (χ4n) is 3.22. The van der Waals surface area contributed by atoms with Gasteiger partial charge in [0.2, 0.25) is 5.91 Å². The van der Waals surface area contributed by atoms with Crippen LogP contribution in [-0.4, -0.2) is 29.9 Å². The molecule has 0 spiro atoms. The smallest absolute Gasteiger partial charge is 0.229 e. The van der Waals surface area contributed by atoms with E-state index in [2.05, 4.69) is 10.2 Å². The van der Waals surface area contributed by atoms with Gasteiger partial charge >= 0.3 is 0 Å². The highest BCUT2D eigenvalue weighted by atomic mass is 35.5. The highest BCUT2D eigenvalue weighted by molar-refractivity contribution is 6.39. The van der Waals surface area contributed by atoms with Crippen LogP contribution in [-0.2, 0) is 4.79 Å². The molecule has 2 atom stereocenters. The molecule has 2 aliphatic rings. The molecule has 5 heteroatoms. The van der Waals surface area contributed by atoms with Crippen molar-refractivity contribution in [2.24, 2.45) is 5.92 Å². The first kappa shape index (κ1) is 13.2. The Labute approximate surface area is 122 Å². The first-order chi connectivity index (χ1) is 9.16. The van der Waals surface area contributed by atoms with Crippen molar-refractivity contribution in [3.8, 4) is 0 Å². The molecule has 102 valence electrons. The predicted molar refractivity (Wildman–Crippen MR) is 77.8 cm³/mol. The molecule has 2 fully saturated rings. The van der Waals surface area contributed by atoms with E-state index in [9.17, 15) is 4.79 Å². The summed E-state index contributed by atoms with van der Waals surface area (Å²) in [5, 5.41) is 3.88. The Morgan fingerprint density at radius 2 is 1.95 bits per heavy atom. The Balaban J connectivity index is 1.75. The minimum Gasteiger partial charge on any atom is -0.323 e. The van der Waals surface area contributed by atoms with Crippen LogP contribution in [0.4, 0.5) is 5.69 Å². The van der Waals surface area contributed by atoms with E-state index in [1.807, 2.05) is 0 Å². The van der Waals surface area contributed by atoms with Crippen LogP contribution in [0.15, 0.2) is 18.2 Å². The molecule has 1 aromatic rings. The number of halogens is 2. The third kappa shape index (κ3) is 2.47. The molecule has 2 heterocycles. The van der Waals surface area contributed by atoms with Gasteiger partial charge in [-0.1, -0.05) is 29.3 Å². The van der Waals surface area contributed by atoms with E-state index in [-0.39, 0.29) is 11.8 Å². The van der Waals surface area contributed by atoms with Crippen LogP contribution in [0.25, 0.3) is 0 Å². The number of anilines is 1. The molecule has 1 aromatic carbocycles. The van der Waals surface area contributed by atoms with E-state index >= 15 is 0 Å². The largest absolute Gasteiger partial charge is 0.323 e. The van der Waals surface area contributed by atoms with E-state index in [1.165, 1.54) is 6.42 Å². The third-order valence-corrected chi connectivity index (χ3v) is 4.78. The molecule has 0 bridgehead atoms. The van der Waals surface area contributed by atoms with Gasteiger partial charge in [-0.3, -0.25) is 9.69 Å². The van der Waals surface area contributed by atoms with Crippen molar-refractivity contribution < 1.29 is 4.79 Å². The summed E-state index contributed by atoms with van der Waals surface area (Å²) in [6, 6.07) is 5.65. The number of rotatable bonds is 2. The standard InChI is InChI=1S/C14H16Cl2N2O/c15-10-3-1-4-11(16)13(10)17-14(19)9-6-8-18-7-2-5-12(9)18/h1,3-4,9,12H,2,5-8H2,(H,17,19). The number of hydrogen-bond acceptors (Lipinski definition) is 2. The number of nitrogens with one attached hydrogen (secondary N) is 1. The highest BCUT2D eigenvalue weighted by Gasteiger charge is 2.41. The maximum absolute atomic E-state index is 12.4. The number of hydrogen-bond donors (Lipinski definition) is 1. The van der Waals surface area contributed by atoms with Gasteiger partial charge in [0.15, 0.2) is 0 Å². The third-order valence-electron chi connectivity index (χ3n) is 4.15. The average molecular weight is 299 g/mol. The molecule has 0 radical (unpaired) electrons. The Bertz CT molecular complexity index is 486. The van der Waals surface area contributed by atoms with Crippen molar-refractivity contribution in [2.75, 3.05) is 18.4 Å². The van der Waals surface area contributed by atoms with Gasteiger partial charge in [-0.15, -0.1) is 0 Å². The van der Waals surface area contributed by atoms with Crippen LogP contribution in [0.2, 0.25) is 10.0 Å². The van der Waals surface area contributed by atoms with Crippen molar-refractivity contribution in [3.63, 3.8) is 0 Å². The summed E-state index contributed by atoms with van der Waals surface area (Å²) >= 11 is 12.2. The maximum Gasteiger partial charge on any atom is 0.229 e. The molecule has 3 rings (SSSR count). The van der Waals surface area contributed by atoms with Gasteiger partial charge in [0.25, 0.3) is 0 Å². The van der Waals surface area contributed by atoms with Gasteiger partial charge < -0.3 is 5.32 Å². The van der Waals surface area contributed by atoms with Crippen molar-refractivity contribution >= 4 is 34.8 Å². The van der Waals surface area contributed by atoms with Crippen LogP contribution >= 0.6 is 23.2 Å². The lowest BCUT2D eigenvalue weighted by atomic mass is 9.97. The second kappa shape index (κ2) is 5.31. The van der Waals surface area contributed by atoms with Gasteiger partial charge in [-0.25, -0.2) is 0 Å². The first-order valence-corrected chi connectivity index (χ1v) is 7.41. The Kier molecular flexibility index (Phi) is 3.70. The van der Waals surface area contributed by atoms with Gasteiger partial charge in [0.1, 0.15) is 0 Å². The van der Waals surface area contributed by atoms with E-state index in [4.69, 9.17) is 23.2 Å². The summed E-state index contributed by atoms with van der Waals surface area (Å²) in [6.07, 6.45) is 3.24. The number of carbonyl (C=O) groups is 1. The molecule has 1 N–H and O–H groups in total. The van der Waals surface area contributed by atoms with Crippen LogP contribution in [0, 0.1) is 5.92 Å². The van der Waals surface area contributed by atoms with Gasteiger partial charge in [-0.2, -0.15) is 0 Å². The Hall–Kier alpha value is -0.770. The molecule has 2 aliphatic heterocycles. The van der Waals surface area contributed by atoms with Crippen molar-refractivity contribution in [2.45, 2.75) is 25.3 Å². The second-order valence-electron chi connectivity index (χ2n) is 5.23. The molecule has 19 heavy (non-hydrogen) atoms. The first-order valence-electron chi connectivity index (χ1n) is 6.66. The lowest BCUT2D eigenvalue weighted by molar-refractivity contribution is -0.120. The zero-order valence-electron chi connectivity index (χ0n) is 10.5. The number of fused-ring (bicyclic) bond motifs is 1. The van der Waals surface area contributed by atoms with Gasteiger partial charge in [-0.05, 0) is 44.5 Å². The second-order valence-corrected chi connectivity index (χ2v) is 6.04. The number of nitrogens with zero attached hydrogens (tertiary/aromatic N) is 1. The summed E-state index contributed by atoms with van der Waals surface area (Å²) in [4.78, 5) is 14.8. The van der Waals surface area contributed by atoms with Crippen LogP contribution in [0.1, 0.15) is 19.3 Å². The Morgan fingerprint density at radius 1 is 1.21 bits per heavy atom. The van der Waals surface area contributed by atoms with Crippen molar-refractivity contribution in [1.29, 1.82) is 0 Å². The maximum atomic E-state index is 12.4. The van der Waals surface area contributed by atoms with E-state index in [1.54, 1.807) is 18.2 Å². The predicted octanol–water partition coefficient (Wildman–Crippen LogP) is 3.42. The summed E-state index contributed by atoms with van der Waals surface area (Å²) in [5.41, 5.74) is 0.535. The molecule has 1 amide bonds. The van der Waals surface area contributed by atoms with Crippen molar-refractivity contribution in [3.05, 3.63) is 28.2 Å². The lowest BCUT2D eigenvalue weighted by Crippen LogP contribution is -2.33. The normalized spacial score (nSPS) is 26.4. The molecule has 2 saturated heterocycles. The highest BCUT2D eigenvalue weighted by Crippen LogP contribution is 2.35. The molecular formula is C14H16Cl2N2O. The van der Waals surface area contributed by atoms with E-state index in [0.717, 1.165) is 25.9 Å². The van der Waals surface area contributed by atoms with E-state index < -0.39 is 0 Å². The van der Waals surface area contributed by atoms with E-state index in [0.29, 0.717) is 21.8 Å². The Morgan fingerprint density at radius 3 is 2.68 bits per heavy atom. The SMILES string of the molecule is O=C(Nc1c(Cl)cccc1Cl)C1CCN2CCCC12. The molecule has 0 saturated carbocycles. The molecule has 3 nitrogen and oxygen atoms in total. The fourth-order valence-corrected chi connectivity index (χ4v) is 3.71. The summed E-state index contributed by atoms with van der Waals surface area (Å²) in [7, 11) is 0. The van der Waals surface area contributed by atoms with Crippen LogP contribution in [0.5, 0.6) is 0 Å². The molecule has 0 aliphatic carbocycles. The minimum atomic E-state index is 0.0457. The molecule has 0 aromatic heterocycles. The lowest BCUT2D eigenvalue weighted by Gasteiger charge is -2.20. The monoisotopic (exact) mass is 298 g/mol. The zero-order valence-corrected chi connectivity index (χ0v) is 12.0. The number of para-hydroxylation sites is 1. The minimum absolute atomic E-state index is 0.0457. The summed E-state index contributed by atoms with van der Waals surface area (Å²) < 4.78 is 0. The molecular weight excluding hydrogens is 283 g/mol. The topological polar surface area (TPSA) is 32.3 Å². The number of benzene rings is 1. The zero-order chi connectivity index (χ0) is 13.4. The average Bonchev–Trinajstić information content (AvgIpc) is 2.95. The van der Waals surface area contributed by atoms with Gasteiger partial charge in [0, 0.05) is 6.04 Å². The summed E-state index contributed by atoms with van der Waals surface area (Å²) in [5.74, 6) is 0.110. The van der Waals surface area contributed by atoms with Gasteiger partial charge in [0.05, 0.1) is 21.7 Å². The fraction of sp³-hybridized carbons (Fsp3) is 0.500.